The van der Waals surface area contributed by atoms with E-state index in [0.717, 1.165) is 65.2 Å². The van der Waals surface area contributed by atoms with Gasteiger partial charge in [0.05, 0.1) is 16.6 Å². The number of rotatable bonds is 8. The fourth-order valence-corrected chi connectivity index (χ4v) is 8.50. The lowest BCUT2D eigenvalue weighted by Crippen LogP contribution is -2.00. The summed E-state index contributed by atoms with van der Waals surface area (Å²) in [6.07, 6.45) is 5.24. The molecule has 2 N–H and O–H groups in total. The van der Waals surface area contributed by atoms with E-state index in [4.69, 9.17) is 10.7 Å². The lowest BCUT2D eigenvalue weighted by molar-refractivity contribution is 0.642. The molecule has 3 heterocycles. The second-order valence-corrected chi connectivity index (χ2v) is 13.5. The average Bonchev–Trinajstić information content (AvgIpc) is 3.82. The summed E-state index contributed by atoms with van der Waals surface area (Å²) in [5, 5.41) is 5.43. The Morgan fingerprint density at radius 2 is 1.44 bits per heavy atom. The Morgan fingerprint density at radius 1 is 0.667 bits per heavy atom. The van der Waals surface area contributed by atoms with E-state index in [2.05, 4.69) is 143 Å². The largest absolute Gasteiger partial charge is 0.399 e. The van der Waals surface area contributed by atoms with Crippen molar-refractivity contribution in [2.45, 2.75) is 25.8 Å². The van der Waals surface area contributed by atoms with Crippen molar-refractivity contribution in [3.05, 3.63) is 151 Å². The van der Waals surface area contributed by atoms with Gasteiger partial charge in [0.25, 0.3) is 0 Å². The maximum Gasteiger partial charge on any atom is 0.145 e. The van der Waals surface area contributed by atoms with Gasteiger partial charge in [-0.2, -0.15) is 0 Å². The van der Waals surface area contributed by atoms with E-state index in [1.807, 2.05) is 23.5 Å². The first-order valence-corrected chi connectivity index (χ1v) is 17.5. The number of benzene rings is 6. The Kier molecular flexibility index (Phi) is 7.06. The molecule has 0 radical (unpaired) electrons. The molecule has 0 aliphatic heterocycles. The Labute approximate surface area is 283 Å². The molecule has 232 valence electrons. The van der Waals surface area contributed by atoms with Gasteiger partial charge >= 0.3 is 0 Å². The Balaban J connectivity index is 0.962. The fourth-order valence-electron chi connectivity index (χ4n) is 7.24. The van der Waals surface area contributed by atoms with E-state index in [9.17, 15) is 0 Å². The second kappa shape index (κ2) is 11.9. The van der Waals surface area contributed by atoms with Crippen LogP contribution in [0.4, 0.5) is 0 Å². The molecule has 9 rings (SSSR count). The van der Waals surface area contributed by atoms with E-state index in [1.165, 1.54) is 42.0 Å². The van der Waals surface area contributed by atoms with E-state index >= 15 is 0 Å². The minimum absolute atomic E-state index is 0.809. The van der Waals surface area contributed by atoms with Crippen LogP contribution in [0.5, 0.6) is 0 Å². The van der Waals surface area contributed by atoms with Gasteiger partial charge in [-0.15, -0.1) is 11.3 Å². The van der Waals surface area contributed by atoms with Crippen LogP contribution in [0.25, 0.3) is 75.8 Å². The summed E-state index contributed by atoms with van der Waals surface area (Å²) in [6, 6.07) is 49.5. The Bertz CT molecular complexity index is 2640. The number of hydrogen-bond donors (Lipinski definition) is 1. The van der Waals surface area contributed by atoms with Crippen molar-refractivity contribution >= 4 is 70.0 Å². The number of unbranched alkanes of at least 4 members (excludes halogenated alkanes) is 2. The van der Waals surface area contributed by atoms with Crippen LogP contribution in [0.3, 0.4) is 0 Å². The van der Waals surface area contributed by atoms with Gasteiger partial charge in [0.15, 0.2) is 0 Å². The number of aromatic nitrogens is 3. The smallest absolute Gasteiger partial charge is 0.145 e. The van der Waals surface area contributed by atoms with Crippen LogP contribution in [-0.4, -0.2) is 14.1 Å². The highest BCUT2D eigenvalue weighted by molar-refractivity contribution is 7.26. The molecular formula is C43H34N4S. The van der Waals surface area contributed by atoms with Gasteiger partial charge in [-0.25, -0.2) is 4.98 Å². The molecule has 0 amide bonds. The average molecular weight is 639 g/mol. The van der Waals surface area contributed by atoms with E-state index in [1.54, 1.807) is 0 Å². The highest BCUT2D eigenvalue weighted by Crippen LogP contribution is 2.42. The minimum atomic E-state index is 0.809. The van der Waals surface area contributed by atoms with Crippen LogP contribution in [0, 0.1) is 0 Å². The summed E-state index contributed by atoms with van der Waals surface area (Å²) in [5.41, 5.74) is 15.4. The van der Waals surface area contributed by atoms with Crippen molar-refractivity contribution in [1.29, 1.82) is 0 Å². The van der Waals surface area contributed by atoms with Crippen molar-refractivity contribution in [2.75, 3.05) is 0 Å². The van der Waals surface area contributed by atoms with Crippen molar-refractivity contribution in [3.63, 3.8) is 0 Å². The summed E-state index contributed by atoms with van der Waals surface area (Å²) in [4.78, 5) is 5.04. The van der Waals surface area contributed by atoms with Gasteiger partial charge in [0.1, 0.15) is 5.82 Å². The third-order valence-corrected chi connectivity index (χ3v) is 10.7. The number of para-hydroxylation sites is 4. The normalized spacial score (nSPS) is 12.3. The first-order chi connectivity index (χ1) is 23.7. The molecular weight excluding hydrogens is 605 g/mol. The van der Waals surface area contributed by atoms with Crippen molar-refractivity contribution in [2.24, 2.45) is 5.73 Å². The zero-order valence-electron chi connectivity index (χ0n) is 26.5. The second-order valence-electron chi connectivity index (χ2n) is 12.4. The summed E-state index contributed by atoms with van der Waals surface area (Å²) >= 11 is 1.91. The zero-order valence-corrected chi connectivity index (χ0v) is 27.3. The number of nitrogens with zero attached hydrogens (tertiary/aromatic N) is 3. The van der Waals surface area contributed by atoms with Crippen LogP contribution >= 0.6 is 11.3 Å². The van der Waals surface area contributed by atoms with Gasteiger partial charge in [0, 0.05) is 60.0 Å². The molecule has 0 fully saturated rings. The number of imidazole rings is 1. The first-order valence-electron chi connectivity index (χ1n) is 16.7. The quantitative estimate of drug-likeness (QED) is 0.168. The van der Waals surface area contributed by atoms with Crippen molar-refractivity contribution in [3.8, 4) is 17.1 Å². The molecule has 9 aromatic rings. The molecule has 48 heavy (non-hydrogen) atoms. The topological polar surface area (TPSA) is 48.8 Å². The van der Waals surface area contributed by atoms with Gasteiger partial charge in [-0.05, 0) is 73.4 Å². The minimum Gasteiger partial charge on any atom is -0.399 e. The van der Waals surface area contributed by atoms with Crippen LogP contribution in [0.2, 0.25) is 0 Å². The van der Waals surface area contributed by atoms with Crippen LogP contribution in [0.1, 0.15) is 24.8 Å². The van der Waals surface area contributed by atoms with Crippen LogP contribution in [-0.2, 0) is 6.54 Å². The third kappa shape index (κ3) is 4.78. The Hall–Kier alpha value is -5.65. The highest BCUT2D eigenvalue weighted by Gasteiger charge is 2.17. The molecule has 0 saturated heterocycles. The summed E-state index contributed by atoms with van der Waals surface area (Å²) in [5.74, 6) is 0.913. The first kappa shape index (κ1) is 28.6. The van der Waals surface area contributed by atoms with E-state index in [0.29, 0.717) is 0 Å². The van der Waals surface area contributed by atoms with Gasteiger partial charge in [-0.3, -0.25) is 4.57 Å². The molecule has 4 nitrogen and oxygen atoms in total. The number of fused-ring (bicyclic) bond motifs is 8. The number of thiophene rings is 1. The SMILES string of the molecule is N/C(=C\CCCCn1c2ccccc2c2c3sc4ccccc4c3ccc21)c1cccc(-c2nc3ccccc3n2-c2ccccc2)c1. The van der Waals surface area contributed by atoms with Gasteiger partial charge in [-0.1, -0.05) is 97.1 Å². The molecule has 0 atom stereocenters. The van der Waals surface area contributed by atoms with E-state index < -0.39 is 0 Å². The van der Waals surface area contributed by atoms with Crippen molar-refractivity contribution < 1.29 is 0 Å². The number of nitrogens with two attached hydrogens (primary N) is 1. The molecule has 6 aromatic carbocycles. The number of allylic oxidation sites excluding steroid dienone is 1. The number of hydrogen-bond acceptors (Lipinski definition) is 3. The van der Waals surface area contributed by atoms with Gasteiger partial charge < -0.3 is 10.3 Å². The third-order valence-electron chi connectivity index (χ3n) is 9.51. The number of aryl methyl sites for hydroxylation is 1. The molecule has 0 saturated carbocycles. The fraction of sp³-hybridized carbons (Fsp3) is 0.0930. The van der Waals surface area contributed by atoms with Crippen LogP contribution < -0.4 is 5.73 Å². The summed E-state index contributed by atoms with van der Waals surface area (Å²) in [7, 11) is 0. The monoisotopic (exact) mass is 638 g/mol. The van der Waals surface area contributed by atoms with Crippen LogP contribution in [0.15, 0.2) is 146 Å². The molecule has 0 spiro atoms. The molecule has 0 aliphatic rings. The standard InChI is InChI=1S/C43H34N4S/c44-35(29-14-13-15-30(28-29)43-45-36-21-8-10-23-38(36)47(43)31-16-3-1-4-17-31)20-5-2-12-27-46-37-22-9-6-19-34(37)41-39(46)26-25-33-32-18-7-11-24-40(32)48-42(33)41/h1,3-4,6-11,13-26,28H,2,5,12,27,44H2/b35-20-. The molecule has 5 heteroatoms. The summed E-state index contributed by atoms with van der Waals surface area (Å²) < 4.78 is 7.49. The van der Waals surface area contributed by atoms with Crippen molar-refractivity contribution in [1.82, 2.24) is 14.1 Å². The lowest BCUT2D eigenvalue weighted by atomic mass is 10.1. The maximum atomic E-state index is 6.71. The maximum absolute atomic E-state index is 6.71. The highest BCUT2D eigenvalue weighted by atomic mass is 32.1. The predicted molar refractivity (Wildman–Crippen MR) is 205 cm³/mol. The zero-order chi connectivity index (χ0) is 32.0. The molecule has 0 aliphatic carbocycles. The molecule has 3 aromatic heterocycles. The summed E-state index contributed by atoms with van der Waals surface area (Å²) in [6.45, 7) is 0.972. The Morgan fingerprint density at radius 3 is 2.33 bits per heavy atom. The lowest BCUT2D eigenvalue weighted by Gasteiger charge is -2.11. The van der Waals surface area contributed by atoms with E-state index in [-0.39, 0.29) is 0 Å². The molecule has 0 unspecified atom stereocenters. The van der Waals surface area contributed by atoms with Gasteiger partial charge in [0.2, 0.25) is 0 Å². The molecule has 0 bridgehead atoms. The predicted octanol–water partition coefficient (Wildman–Crippen LogP) is 11.3.